The van der Waals surface area contributed by atoms with E-state index >= 15 is 0 Å². The highest BCUT2D eigenvalue weighted by molar-refractivity contribution is 7.98. The third-order valence-corrected chi connectivity index (χ3v) is 5.32. The van der Waals surface area contributed by atoms with Gasteiger partial charge in [0.2, 0.25) is 0 Å². The fourth-order valence-electron chi connectivity index (χ4n) is 1.73. The molecule has 0 radical (unpaired) electrons. The van der Waals surface area contributed by atoms with Crippen LogP contribution in [0.2, 0.25) is 5.02 Å². The predicted molar refractivity (Wildman–Crippen MR) is 86.5 cm³/mol. The molecule has 1 unspecified atom stereocenters. The van der Waals surface area contributed by atoms with E-state index in [2.05, 4.69) is 0 Å². The van der Waals surface area contributed by atoms with Crippen LogP contribution in [0.5, 0.6) is 5.75 Å². The molecule has 0 aliphatic carbocycles. The van der Waals surface area contributed by atoms with Crippen LogP contribution < -0.4 is 4.74 Å². The van der Waals surface area contributed by atoms with E-state index in [0.717, 1.165) is 30.7 Å². The Morgan fingerprint density at radius 2 is 1.96 bits per heavy atom. The van der Waals surface area contributed by atoms with Gasteiger partial charge in [-0.05, 0) is 37.3 Å². The number of alkyl halides is 3. The molecule has 23 heavy (non-hydrogen) atoms. The van der Waals surface area contributed by atoms with Gasteiger partial charge in [0.15, 0.2) is 11.6 Å². The normalized spacial score (nSPS) is 13.1. The Hall–Kier alpha value is -0.470. The number of rotatable bonds is 9. The van der Waals surface area contributed by atoms with Gasteiger partial charge >= 0.3 is 6.18 Å². The molecule has 0 aromatic heterocycles. The molecule has 0 amide bonds. The SMILES string of the molecule is CSCCCCCOc1cc(S(=O)CC(F)(F)F)c(Cl)cc1F. The monoisotopic (exact) mass is 392 g/mol. The van der Waals surface area contributed by atoms with Crippen molar-refractivity contribution in [1.82, 2.24) is 0 Å². The Morgan fingerprint density at radius 3 is 2.57 bits per heavy atom. The van der Waals surface area contributed by atoms with E-state index in [1.54, 1.807) is 11.8 Å². The first-order valence-corrected chi connectivity index (χ1v) is 9.89. The summed E-state index contributed by atoms with van der Waals surface area (Å²) in [6.45, 7) is 0.234. The molecule has 0 N–H and O–H groups in total. The van der Waals surface area contributed by atoms with Crippen LogP contribution in [0.25, 0.3) is 0 Å². The van der Waals surface area contributed by atoms with Crippen LogP contribution in [-0.2, 0) is 10.8 Å². The molecule has 0 fully saturated rings. The number of halogens is 5. The molecule has 1 aromatic rings. The summed E-state index contributed by atoms with van der Waals surface area (Å²) in [6.07, 6.45) is 0.0179. The van der Waals surface area contributed by atoms with Crippen LogP contribution >= 0.6 is 23.4 Å². The Balaban J connectivity index is 2.70. The van der Waals surface area contributed by atoms with Gasteiger partial charge in [0.25, 0.3) is 0 Å². The largest absolute Gasteiger partial charge is 0.490 e. The Morgan fingerprint density at radius 1 is 1.26 bits per heavy atom. The number of benzene rings is 1. The molecule has 0 saturated heterocycles. The topological polar surface area (TPSA) is 26.3 Å². The maximum Gasteiger partial charge on any atom is 0.400 e. The fourth-order valence-corrected chi connectivity index (χ4v) is 3.60. The zero-order valence-corrected chi connectivity index (χ0v) is 14.8. The zero-order chi connectivity index (χ0) is 17.5. The Bertz CT molecular complexity index is 538. The van der Waals surface area contributed by atoms with Gasteiger partial charge in [-0.3, -0.25) is 4.21 Å². The van der Waals surface area contributed by atoms with Crippen molar-refractivity contribution < 1.29 is 26.5 Å². The molecule has 0 aliphatic rings. The number of unbranched alkanes of at least 4 members (excludes halogenated alkanes) is 2. The molecule has 1 atom stereocenters. The molecular formula is C14H17ClF4O2S2. The average molecular weight is 393 g/mol. The maximum atomic E-state index is 13.7. The van der Waals surface area contributed by atoms with Crippen molar-refractivity contribution in [3.8, 4) is 5.75 Å². The quantitative estimate of drug-likeness (QED) is 0.434. The van der Waals surface area contributed by atoms with Gasteiger partial charge < -0.3 is 4.74 Å². The zero-order valence-electron chi connectivity index (χ0n) is 12.4. The van der Waals surface area contributed by atoms with Gasteiger partial charge in [-0.15, -0.1) is 0 Å². The molecule has 132 valence electrons. The van der Waals surface area contributed by atoms with Gasteiger partial charge in [0.05, 0.1) is 27.3 Å². The van der Waals surface area contributed by atoms with E-state index in [1.807, 2.05) is 6.26 Å². The van der Waals surface area contributed by atoms with Crippen LogP contribution in [0, 0.1) is 5.82 Å². The van der Waals surface area contributed by atoms with Crippen LogP contribution in [0.15, 0.2) is 17.0 Å². The van der Waals surface area contributed by atoms with Crippen LogP contribution in [0.4, 0.5) is 17.6 Å². The lowest BCUT2D eigenvalue weighted by molar-refractivity contribution is -0.105. The van der Waals surface area contributed by atoms with Gasteiger partial charge in [-0.25, -0.2) is 4.39 Å². The number of hydrogen-bond donors (Lipinski definition) is 0. The fraction of sp³-hybridized carbons (Fsp3) is 0.571. The molecular weight excluding hydrogens is 376 g/mol. The van der Waals surface area contributed by atoms with Gasteiger partial charge in [-0.1, -0.05) is 11.6 Å². The smallest absolute Gasteiger partial charge is 0.400 e. The van der Waals surface area contributed by atoms with Gasteiger partial charge in [0, 0.05) is 6.07 Å². The highest BCUT2D eigenvalue weighted by Gasteiger charge is 2.32. The molecule has 0 aliphatic heterocycles. The van der Waals surface area contributed by atoms with E-state index in [4.69, 9.17) is 16.3 Å². The molecule has 9 heteroatoms. The number of ether oxygens (including phenoxy) is 1. The predicted octanol–water partition coefficient (Wildman–Crippen LogP) is 5.06. The highest BCUT2D eigenvalue weighted by atomic mass is 35.5. The van der Waals surface area contributed by atoms with Crippen molar-refractivity contribution in [3.05, 3.63) is 23.0 Å². The van der Waals surface area contributed by atoms with Gasteiger partial charge in [0.1, 0.15) is 5.75 Å². The minimum Gasteiger partial charge on any atom is -0.490 e. The van der Waals surface area contributed by atoms with E-state index in [9.17, 15) is 21.8 Å². The summed E-state index contributed by atoms with van der Waals surface area (Å²) in [4.78, 5) is -0.275. The van der Waals surface area contributed by atoms with Crippen molar-refractivity contribution in [2.75, 3.05) is 24.4 Å². The minimum absolute atomic E-state index is 0.232. The first-order valence-electron chi connectivity index (χ1n) is 6.80. The van der Waals surface area contributed by atoms with Crippen LogP contribution in [-0.4, -0.2) is 34.8 Å². The van der Waals surface area contributed by atoms with Crippen molar-refractivity contribution in [2.45, 2.75) is 30.3 Å². The molecule has 0 heterocycles. The maximum absolute atomic E-state index is 13.7. The standard InChI is InChI=1S/C14H17ClF4O2S2/c1-22-6-4-2-3-5-21-12-8-13(10(15)7-11(12)16)23(20)9-14(17,18)19/h7-8H,2-6,9H2,1H3. The summed E-state index contributed by atoms with van der Waals surface area (Å²) in [5, 5.41) is -0.308. The van der Waals surface area contributed by atoms with Crippen molar-refractivity contribution >= 4 is 34.2 Å². The molecule has 1 rings (SSSR count). The van der Waals surface area contributed by atoms with E-state index in [0.29, 0.717) is 6.42 Å². The van der Waals surface area contributed by atoms with Crippen molar-refractivity contribution in [1.29, 1.82) is 0 Å². The first kappa shape index (κ1) is 20.6. The minimum atomic E-state index is -4.60. The number of thioether (sulfide) groups is 1. The van der Waals surface area contributed by atoms with E-state index in [-0.39, 0.29) is 22.3 Å². The summed E-state index contributed by atoms with van der Waals surface area (Å²) < 4.78 is 67.6. The summed E-state index contributed by atoms with van der Waals surface area (Å²) in [5.74, 6) is -1.53. The molecule has 0 spiro atoms. The lowest BCUT2D eigenvalue weighted by atomic mass is 10.2. The summed E-state index contributed by atoms with van der Waals surface area (Å²) in [6, 6.07) is 1.82. The number of hydrogen-bond acceptors (Lipinski definition) is 3. The molecule has 0 saturated carbocycles. The third-order valence-electron chi connectivity index (χ3n) is 2.78. The first-order chi connectivity index (χ1) is 10.7. The Labute approximate surface area is 144 Å². The van der Waals surface area contributed by atoms with Crippen LogP contribution in [0.3, 0.4) is 0 Å². The van der Waals surface area contributed by atoms with Crippen LogP contribution in [0.1, 0.15) is 19.3 Å². The van der Waals surface area contributed by atoms with E-state index in [1.165, 1.54) is 0 Å². The van der Waals surface area contributed by atoms with Gasteiger partial charge in [-0.2, -0.15) is 24.9 Å². The summed E-state index contributed by atoms with van der Waals surface area (Å²) in [5.41, 5.74) is 0. The second-order valence-electron chi connectivity index (χ2n) is 4.72. The second kappa shape index (κ2) is 9.74. The van der Waals surface area contributed by atoms with Crippen molar-refractivity contribution in [3.63, 3.8) is 0 Å². The van der Waals surface area contributed by atoms with E-state index < -0.39 is 28.5 Å². The highest BCUT2D eigenvalue weighted by Crippen LogP contribution is 2.30. The average Bonchev–Trinajstić information content (AvgIpc) is 2.42. The molecule has 0 bridgehead atoms. The molecule has 1 aromatic carbocycles. The summed E-state index contributed by atoms with van der Waals surface area (Å²) in [7, 11) is -2.40. The lowest BCUT2D eigenvalue weighted by Crippen LogP contribution is -2.18. The summed E-state index contributed by atoms with van der Waals surface area (Å²) >= 11 is 7.41. The Kier molecular flexibility index (Phi) is 8.71. The van der Waals surface area contributed by atoms with Crippen molar-refractivity contribution in [2.24, 2.45) is 0 Å². The molecule has 2 nitrogen and oxygen atoms in total. The second-order valence-corrected chi connectivity index (χ2v) is 7.53. The third kappa shape index (κ3) is 7.76. The lowest BCUT2D eigenvalue weighted by Gasteiger charge is -2.12.